The minimum atomic E-state index is -3.71. The predicted octanol–water partition coefficient (Wildman–Crippen LogP) is 1.23. The van der Waals surface area contributed by atoms with E-state index < -0.39 is 22.0 Å². The Labute approximate surface area is 196 Å². The number of nitrogens with two attached hydrogens (primary N) is 1. The molecule has 178 valence electrons. The minimum absolute atomic E-state index is 0.0438. The Bertz CT molecular complexity index is 1260. The summed E-state index contributed by atoms with van der Waals surface area (Å²) in [7, 11) is -3.71. The van der Waals surface area contributed by atoms with Crippen LogP contribution in [0.15, 0.2) is 53.2 Å². The van der Waals surface area contributed by atoms with E-state index in [4.69, 9.17) is 10.3 Å². The van der Waals surface area contributed by atoms with Crippen molar-refractivity contribution in [2.45, 2.75) is 37.6 Å². The summed E-state index contributed by atoms with van der Waals surface area (Å²) in [5.41, 5.74) is 6.49. The molecule has 3 N–H and O–H groups in total. The van der Waals surface area contributed by atoms with E-state index in [9.17, 15) is 18.0 Å². The second-order valence-corrected chi connectivity index (χ2v) is 9.73. The largest absolute Gasteiger partial charge is 0.366 e. The van der Waals surface area contributed by atoms with Crippen molar-refractivity contribution in [3.63, 3.8) is 0 Å². The molecule has 4 rings (SSSR count). The molecular weight excluding hydrogens is 460 g/mol. The Balaban J connectivity index is 1.43. The molecule has 1 aliphatic rings. The van der Waals surface area contributed by atoms with Crippen LogP contribution in [0.1, 0.15) is 41.1 Å². The van der Waals surface area contributed by atoms with Crippen LogP contribution in [-0.2, 0) is 27.1 Å². The number of hydrogen-bond acceptors (Lipinski definition) is 8. The van der Waals surface area contributed by atoms with Crippen LogP contribution in [0.3, 0.4) is 0 Å². The van der Waals surface area contributed by atoms with Gasteiger partial charge < -0.3 is 15.2 Å². The molecule has 2 amide bonds. The topological polar surface area (TPSA) is 161 Å². The van der Waals surface area contributed by atoms with Gasteiger partial charge in [0.2, 0.25) is 33.6 Å². The molecule has 1 atom stereocenters. The smallest absolute Gasteiger partial charge is 0.250 e. The second-order valence-electron chi connectivity index (χ2n) is 7.98. The number of primary amides is 1. The summed E-state index contributed by atoms with van der Waals surface area (Å²) in [5, 5.41) is 3.89. The molecule has 0 radical (unpaired) electrons. The van der Waals surface area contributed by atoms with Crippen LogP contribution in [0.5, 0.6) is 0 Å². The van der Waals surface area contributed by atoms with E-state index in [1.807, 2.05) is 6.07 Å². The van der Waals surface area contributed by atoms with E-state index in [-0.39, 0.29) is 35.5 Å². The summed E-state index contributed by atoms with van der Waals surface area (Å²) in [4.78, 5) is 34.2. The molecule has 11 nitrogen and oxygen atoms in total. The average Bonchev–Trinajstić information content (AvgIpc) is 3.22. The van der Waals surface area contributed by atoms with Crippen molar-refractivity contribution >= 4 is 21.8 Å². The third-order valence-electron chi connectivity index (χ3n) is 5.37. The number of pyridine rings is 1. The van der Waals surface area contributed by atoms with Crippen molar-refractivity contribution in [3.05, 3.63) is 65.7 Å². The zero-order valence-corrected chi connectivity index (χ0v) is 19.1. The molecule has 1 unspecified atom stereocenters. The Hall–Kier alpha value is -3.64. The van der Waals surface area contributed by atoms with Gasteiger partial charge in [0.15, 0.2) is 0 Å². The molecule has 2 aromatic heterocycles. The average molecular weight is 485 g/mol. The standard InChI is InChI=1S/C22H24N6O5S/c23-20(29)16-9-10-17(24-12-16)21-25-19(33-26-21)13-28-11-5-4-8-18(22(28)30)27-34(31,32)14-15-6-2-1-3-7-15/h1-3,6-7,9-10,12,18,27H,4-5,8,11,13-14H2,(H2,23,29). The molecule has 1 aromatic carbocycles. The molecule has 3 aromatic rings. The lowest BCUT2D eigenvalue weighted by Gasteiger charge is -2.23. The van der Waals surface area contributed by atoms with Gasteiger partial charge in [0, 0.05) is 12.7 Å². The van der Waals surface area contributed by atoms with E-state index in [0.717, 1.165) is 6.42 Å². The van der Waals surface area contributed by atoms with Crippen LogP contribution >= 0.6 is 0 Å². The van der Waals surface area contributed by atoms with Gasteiger partial charge in [-0.05, 0) is 37.0 Å². The van der Waals surface area contributed by atoms with Gasteiger partial charge in [-0.3, -0.25) is 14.6 Å². The summed E-state index contributed by atoms with van der Waals surface area (Å²) in [6.07, 6.45) is 3.15. The number of likely N-dealkylation sites (tertiary alicyclic amines) is 1. The van der Waals surface area contributed by atoms with Gasteiger partial charge in [0.1, 0.15) is 18.3 Å². The van der Waals surface area contributed by atoms with Crippen LogP contribution in [0.4, 0.5) is 0 Å². The summed E-state index contributed by atoms with van der Waals surface area (Å²) in [6.45, 7) is 0.487. The lowest BCUT2D eigenvalue weighted by atomic mass is 10.1. The number of carbonyl (C=O) groups excluding carboxylic acids is 2. The maximum absolute atomic E-state index is 13.1. The van der Waals surface area contributed by atoms with Gasteiger partial charge in [0.05, 0.1) is 11.3 Å². The van der Waals surface area contributed by atoms with E-state index in [0.29, 0.717) is 30.6 Å². The SMILES string of the molecule is NC(=O)c1ccc(-c2noc(CN3CCCCC(NS(=O)(=O)Cc4ccccc4)C3=O)n2)nc1. The summed E-state index contributed by atoms with van der Waals surface area (Å²) in [6, 6.07) is 11.0. The van der Waals surface area contributed by atoms with Crippen LogP contribution < -0.4 is 10.5 Å². The Morgan fingerprint density at radius 1 is 1.18 bits per heavy atom. The Kier molecular flexibility index (Phi) is 6.98. The lowest BCUT2D eigenvalue weighted by molar-refractivity contribution is -0.133. The zero-order valence-electron chi connectivity index (χ0n) is 18.3. The number of aromatic nitrogens is 3. The fraction of sp³-hybridized carbons (Fsp3) is 0.318. The first-order valence-electron chi connectivity index (χ1n) is 10.7. The number of benzene rings is 1. The number of rotatable bonds is 8. The Morgan fingerprint density at radius 2 is 1.97 bits per heavy atom. The molecule has 0 bridgehead atoms. The van der Waals surface area contributed by atoms with Crippen molar-refractivity contribution in [1.82, 2.24) is 24.7 Å². The normalized spacial score (nSPS) is 16.9. The third-order valence-corrected chi connectivity index (χ3v) is 6.73. The van der Waals surface area contributed by atoms with E-state index in [2.05, 4.69) is 19.8 Å². The second kappa shape index (κ2) is 10.1. The molecule has 34 heavy (non-hydrogen) atoms. The molecule has 0 aliphatic carbocycles. The first-order valence-corrected chi connectivity index (χ1v) is 12.4. The molecule has 1 fully saturated rings. The number of amides is 2. The number of carbonyl (C=O) groups is 2. The minimum Gasteiger partial charge on any atom is -0.366 e. The van der Waals surface area contributed by atoms with Gasteiger partial charge in [0.25, 0.3) is 0 Å². The van der Waals surface area contributed by atoms with Crippen molar-refractivity contribution < 1.29 is 22.5 Å². The van der Waals surface area contributed by atoms with Gasteiger partial charge in [-0.25, -0.2) is 13.1 Å². The van der Waals surface area contributed by atoms with Crippen LogP contribution in [0, 0.1) is 0 Å². The molecule has 0 saturated carbocycles. The maximum Gasteiger partial charge on any atom is 0.250 e. The van der Waals surface area contributed by atoms with Crippen LogP contribution in [0.2, 0.25) is 0 Å². The summed E-state index contributed by atoms with van der Waals surface area (Å²) in [5.74, 6) is -0.740. The highest BCUT2D eigenvalue weighted by Crippen LogP contribution is 2.18. The van der Waals surface area contributed by atoms with Crippen molar-refractivity contribution in [2.75, 3.05) is 6.54 Å². The van der Waals surface area contributed by atoms with E-state index in [1.165, 1.54) is 17.2 Å². The zero-order chi connectivity index (χ0) is 24.1. The van der Waals surface area contributed by atoms with Crippen LogP contribution in [-0.4, -0.2) is 52.8 Å². The van der Waals surface area contributed by atoms with Crippen molar-refractivity contribution in [3.8, 4) is 11.5 Å². The molecule has 3 heterocycles. The molecule has 0 spiro atoms. The predicted molar refractivity (Wildman–Crippen MR) is 121 cm³/mol. The van der Waals surface area contributed by atoms with Gasteiger partial charge >= 0.3 is 0 Å². The fourth-order valence-corrected chi connectivity index (χ4v) is 5.05. The highest BCUT2D eigenvalue weighted by Gasteiger charge is 2.31. The van der Waals surface area contributed by atoms with E-state index in [1.54, 1.807) is 30.3 Å². The van der Waals surface area contributed by atoms with Crippen molar-refractivity contribution in [1.29, 1.82) is 0 Å². The monoisotopic (exact) mass is 484 g/mol. The quantitative estimate of drug-likeness (QED) is 0.482. The van der Waals surface area contributed by atoms with Crippen molar-refractivity contribution in [2.24, 2.45) is 5.73 Å². The molecule has 1 saturated heterocycles. The van der Waals surface area contributed by atoms with Crippen LogP contribution in [0.25, 0.3) is 11.5 Å². The number of sulfonamides is 1. The first kappa shape index (κ1) is 23.5. The highest BCUT2D eigenvalue weighted by molar-refractivity contribution is 7.88. The number of nitrogens with zero attached hydrogens (tertiary/aromatic N) is 4. The fourth-order valence-electron chi connectivity index (χ4n) is 3.68. The van der Waals surface area contributed by atoms with E-state index >= 15 is 0 Å². The number of nitrogens with one attached hydrogen (secondary N) is 1. The molecule has 12 heteroatoms. The summed E-state index contributed by atoms with van der Waals surface area (Å²) >= 11 is 0. The number of hydrogen-bond donors (Lipinski definition) is 2. The third kappa shape index (κ3) is 5.83. The van der Waals surface area contributed by atoms with Gasteiger partial charge in [-0.2, -0.15) is 4.98 Å². The molecule has 1 aliphatic heterocycles. The Morgan fingerprint density at radius 3 is 2.68 bits per heavy atom. The first-order chi connectivity index (χ1) is 16.3. The van der Waals surface area contributed by atoms with Gasteiger partial charge in [-0.15, -0.1) is 0 Å². The lowest BCUT2D eigenvalue weighted by Crippen LogP contribution is -2.47. The molecular formula is C22H24N6O5S. The maximum atomic E-state index is 13.1. The van der Waals surface area contributed by atoms with Gasteiger partial charge in [-0.1, -0.05) is 35.5 Å². The highest BCUT2D eigenvalue weighted by atomic mass is 32.2. The summed E-state index contributed by atoms with van der Waals surface area (Å²) < 4.78 is 33.2.